The number of benzene rings is 1. The summed E-state index contributed by atoms with van der Waals surface area (Å²) in [6, 6.07) is 10.1. The molecule has 1 aromatic heterocycles. The Labute approximate surface area is 184 Å². The van der Waals surface area contributed by atoms with Gasteiger partial charge in [0.05, 0.1) is 0 Å². The van der Waals surface area contributed by atoms with Crippen LogP contribution in [0.2, 0.25) is 0 Å². The summed E-state index contributed by atoms with van der Waals surface area (Å²) >= 11 is 0. The molecule has 0 saturated carbocycles. The minimum atomic E-state index is 0.499. The number of hydrogen-bond donors (Lipinski definition) is 2. The molecule has 0 bridgehead atoms. The first-order valence-electron chi connectivity index (χ1n) is 10.9. The number of nitrogens with zero attached hydrogens (tertiary/aromatic N) is 5. The van der Waals surface area contributed by atoms with Crippen molar-refractivity contribution in [1.29, 1.82) is 0 Å². The Morgan fingerprint density at radius 3 is 2.77 bits per heavy atom. The van der Waals surface area contributed by atoms with E-state index < -0.39 is 0 Å². The summed E-state index contributed by atoms with van der Waals surface area (Å²) < 4.78 is 0. The second-order valence-corrected chi connectivity index (χ2v) is 7.92. The molecule has 2 aliphatic rings. The number of rotatable bonds is 6. The molecule has 7 heteroatoms. The molecule has 1 unspecified atom stereocenters. The Kier molecular flexibility index (Phi) is 6.50. The Bertz CT molecular complexity index is 981. The van der Waals surface area contributed by atoms with Crippen LogP contribution >= 0.6 is 0 Å². The molecule has 7 nitrogen and oxygen atoms in total. The van der Waals surface area contributed by atoms with E-state index in [2.05, 4.69) is 50.8 Å². The van der Waals surface area contributed by atoms with E-state index in [0.717, 1.165) is 55.6 Å². The quantitative estimate of drug-likeness (QED) is 0.670. The van der Waals surface area contributed by atoms with Gasteiger partial charge in [0.1, 0.15) is 5.69 Å². The van der Waals surface area contributed by atoms with E-state index in [-0.39, 0.29) is 0 Å². The third-order valence-corrected chi connectivity index (χ3v) is 5.74. The molecule has 162 valence electrons. The average molecular weight is 418 g/mol. The van der Waals surface area contributed by atoms with Crippen molar-refractivity contribution in [2.24, 2.45) is 10.9 Å². The van der Waals surface area contributed by atoms with Crippen LogP contribution in [0.4, 0.5) is 29.0 Å². The molecular weight excluding hydrogens is 386 g/mol. The van der Waals surface area contributed by atoms with Gasteiger partial charge >= 0.3 is 0 Å². The molecule has 2 N–H and O–H groups in total. The maximum Gasteiger partial charge on any atom is 0.229 e. The summed E-state index contributed by atoms with van der Waals surface area (Å²) in [5.74, 6) is 2.60. The zero-order chi connectivity index (χ0) is 21.6. The molecule has 1 aromatic carbocycles. The van der Waals surface area contributed by atoms with Crippen LogP contribution in [0.15, 0.2) is 59.2 Å². The fourth-order valence-electron chi connectivity index (χ4n) is 4.08. The normalized spacial score (nSPS) is 18.9. The summed E-state index contributed by atoms with van der Waals surface area (Å²) in [6.45, 7) is 4.82. The van der Waals surface area contributed by atoms with Gasteiger partial charge in [0, 0.05) is 51.5 Å². The molecule has 1 fully saturated rings. The molecule has 2 aromatic rings. The first-order chi connectivity index (χ1) is 15.2. The third kappa shape index (κ3) is 4.87. The molecule has 4 rings (SSSR count). The van der Waals surface area contributed by atoms with Crippen LogP contribution in [0.25, 0.3) is 0 Å². The number of aliphatic imine (C=N–C) groups is 1. The number of anilines is 4. The van der Waals surface area contributed by atoms with E-state index in [9.17, 15) is 0 Å². The largest absolute Gasteiger partial charge is 0.382 e. The predicted octanol–water partition coefficient (Wildman–Crippen LogP) is 4.59. The SMILES string of the molecule is CC=Nc1nc(N2CCC(C3=CCCN(C)C=C3)C2)nc(Nc2ccccc2)c1NC. The van der Waals surface area contributed by atoms with Gasteiger partial charge in [-0.15, -0.1) is 0 Å². The molecule has 0 radical (unpaired) electrons. The van der Waals surface area contributed by atoms with Crippen molar-refractivity contribution < 1.29 is 0 Å². The van der Waals surface area contributed by atoms with Gasteiger partial charge in [0.15, 0.2) is 11.6 Å². The van der Waals surface area contributed by atoms with Crippen molar-refractivity contribution in [3.63, 3.8) is 0 Å². The van der Waals surface area contributed by atoms with Crippen LogP contribution in [0.3, 0.4) is 0 Å². The van der Waals surface area contributed by atoms with E-state index in [1.165, 1.54) is 5.57 Å². The Morgan fingerprint density at radius 1 is 1.16 bits per heavy atom. The molecule has 0 aliphatic carbocycles. The smallest absolute Gasteiger partial charge is 0.229 e. The van der Waals surface area contributed by atoms with Crippen molar-refractivity contribution >= 4 is 35.2 Å². The first kappa shape index (κ1) is 20.9. The second-order valence-electron chi connectivity index (χ2n) is 7.92. The van der Waals surface area contributed by atoms with E-state index in [1.807, 2.05) is 44.3 Å². The highest BCUT2D eigenvalue weighted by molar-refractivity contribution is 5.81. The zero-order valence-corrected chi connectivity index (χ0v) is 18.5. The number of hydrogen-bond acceptors (Lipinski definition) is 7. The molecule has 3 heterocycles. The molecule has 2 aliphatic heterocycles. The van der Waals surface area contributed by atoms with E-state index in [0.29, 0.717) is 11.7 Å². The van der Waals surface area contributed by atoms with Gasteiger partial charge < -0.3 is 20.4 Å². The predicted molar refractivity (Wildman–Crippen MR) is 130 cm³/mol. The molecule has 1 saturated heterocycles. The van der Waals surface area contributed by atoms with Crippen LogP contribution in [-0.2, 0) is 0 Å². The Morgan fingerprint density at radius 2 is 2.00 bits per heavy atom. The Hall–Kier alpha value is -3.35. The van der Waals surface area contributed by atoms with Gasteiger partial charge in [-0.25, -0.2) is 4.99 Å². The lowest BCUT2D eigenvalue weighted by Gasteiger charge is -2.20. The summed E-state index contributed by atoms with van der Waals surface area (Å²) in [5.41, 5.74) is 3.19. The Balaban J connectivity index is 1.62. The van der Waals surface area contributed by atoms with Crippen LogP contribution in [0, 0.1) is 5.92 Å². The summed E-state index contributed by atoms with van der Waals surface area (Å²) in [5, 5.41) is 6.65. The summed E-state index contributed by atoms with van der Waals surface area (Å²) in [7, 11) is 4.00. The number of aromatic nitrogens is 2. The fourth-order valence-corrected chi connectivity index (χ4v) is 4.08. The molecular formula is C24H31N7. The van der Waals surface area contributed by atoms with Crippen molar-refractivity contribution in [3.8, 4) is 0 Å². The maximum absolute atomic E-state index is 4.90. The first-order valence-corrected chi connectivity index (χ1v) is 10.9. The number of allylic oxidation sites excluding steroid dienone is 1. The molecule has 31 heavy (non-hydrogen) atoms. The van der Waals surface area contributed by atoms with E-state index >= 15 is 0 Å². The van der Waals surface area contributed by atoms with Gasteiger partial charge in [-0.2, -0.15) is 9.97 Å². The second kappa shape index (κ2) is 9.64. The van der Waals surface area contributed by atoms with Crippen LogP contribution < -0.4 is 15.5 Å². The van der Waals surface area contributed by atoms with E-state index in [4.69, 9.17) is 9.97 Å². The minimum absolute atomic E-state index is 0.499. The summed E-state index contributed by atoms with van der Waals surface area (Å²) in [4.78, 5) is 18.7. The highest BCUT2D eigenvalue weighted by Gasteiger charge is 2.28. The maximum atomic E-state index is 4.90. The van der Waals surface area contributed by atoms with Gasteiger partial charge in [0.25, 0.3) is 0 Å². The lowest BCUT2D eigenvalue weighted by molar-refractivity contribution is 0.468. The van der Waals surface area contributed by atoms with Crippen molar-refractivity contribution in [2.45, 2.75) is 19.8 Å². The highest BCUT2D eigenvalue weighted by atomic mass is 15.3. The zero-order valence-electron chi connectivity index (χ0n) is 18.5. The number of para-hydroxylation sites is 1. The third-order valence-electron chi connectivity index (χ3n) is 5.74. The van der Waals surface area contributed by atoms with Crippen LogP contribution in [0.1, 0.15) is 19.8 Å². The van der Waals surface area contributed by atoms with Gasteiger partial charge in [0.2, 0.25) is 5.95 Å². The molecule has 0 spiro atoms. The fraction of sp³-hybridized carbons (Fsp3) is 0.375. The topological polar surface area (TPSA) is 68.7 Å². The van der Waals surface area contributed by atoms with E-state index in [1.54, 1.807) is 6.21 Å². The minimum Gasteiger partial charge on any atom is -0.382 e. The lowest BCUT2D eigenvalue weighted by Crippen LogP contribution is -2.23. The number of nitrogens with one attached hydrogen (secondary N) is 2. The van der Waals surface area contributed by atoms with Crippen molar-refractivity contribution in [3.05, 3.63) is 54.3 Å². The summed E-state index contributed by atoms with van der Waals surface area (Å²) in [6.07, 6.45) is 10.8. The average Bonchev–Trinajstić information content (AvgIpc) is 3.17. The van der Waals surface area contributed by atoms with Crippen LogP contribution in [0.5, 0.6) is 0 Å². The highest BCUT2D eigenvalue weighted by Crippen LogP contribution is 2.36. The van der Waals surface area contributed by atoms with Crippen molar-refractivity contribution in [2.75, 3.05) is 49.3 Å². The lowest BCUT2D eigenvalue weighted by atomic mass is 9.97. The molecule has 0 amide bonds. The van der Waals surface area contributed by atoms with Gasteiger partial charge in [-0.05, 0) is 49.7 Å². The van der Waals surface area contributed by atoms with Crippen LogP contribution in [-0.4, -0.2) is 54.8 Å². The monoisotopic (exact) mass is 417 g/mol. The van der Waals surface area contributed by atoms with Gasteiger partial charge in [-0.1, -0.05) is 24.3 Å². The molecule has 1 atom stereocenters. The standard InChI is InChI=1S/C24H31N7/c1-4-26-22-21(25-2)23(27-20-10-6-5-7-11-20)29-24(28-22)31-16-13-19(17-31)18-9-8-14-30(3)15-12-18/h4-7,9-12,15,19,25H,8,13-14,16-17H2,1-3H3,(H,27,28,29). The van der Waals surface area contributed by atoms with Crippen molar-refractivity contribution in [1.82, 2.24) is 14.9 Å². The van der Waals surface area contributed by atoms with Gasteiger partial charge in [-0.3, -0.25) is 0 Å².